The third-order valence-corrected chi connectivity index (χ3v) is 5.33. The second-order valence-electron chi connectivity index (χ2n) is 3.52. The standard InChI is InChI=1S/C8H15N5O4S2/c1-2-18(14,15)4-3-12-19(16,17)7-5-10-8(13-9)11-6-7/h5-6,12H,2-4,9H2,1H3,(H,10,11,13). The molecule has 0 radical (unpaired) electrons. The molecular formula is C8H15N5O4S2. The molecule has 0 aliphatic rings. The Kier molecular flexibility index (Phi) is 5.17. The molecule has 1 rings (SSSR count). The van der Waals surface area contributed by atoms with Crippen LogP contribution in [0, 0.1) is 0 Å². The summed E-state index contributed by atoms with van der Waals surface area (Å²) in [4.78, 5) is 7.14. The maximum atomic E-state index is 11.8. The van der Waals surface area contributed by atoms with Crippen molar-refractivity contribution in [3.05, 3.63) is 12.4 Å². The van der Waals surface area contributed by atoms with Gasteiger partial charge in [0, 0.05) is 12.3 Å². The van der Waals surface area contributed by atoms with Crippen molar-refractivity contribution in [2.75, 3.05) is 23.5 Å². The van der Waals surface area contributed by atoms with Crippen molar-refractivity contribution in [3.8, 4) is 0 Å². The molecule has 108 valence electrons. The molecule has 0 unspecified atom stereocenters. The Morgan fingerprint density at radius 1 is 1.21 bits per heavy atom. The highest BCUT2D eigenvalue weighted by molar-refractivity contribution is 7.91. The van der Waals surface area contributed by atoms with Crippen LogP contribution in [-0.2, 0) is 19.9 Å². The molecule has 0 saturated carbocycles. The maximum absolute atomic E-state index is 11.8. The molecule has 0 bridgehead atoms. The molecule has 9 nitrogen and oxygen atoms in total. The number of rotatable bonds is 7. The van der Waals surface area contributed by atoms with E-state index in [1.165, 1.54) is 6.92 Å². The molecular weight excluding hydrogens is 294 g/mol. The zero-order chi connectivity index (χ0) is 14.5. The van der Waals surface area contributed by atoms with Gasteiger partial charge in [0.2, 0.25) is 16.0 Å². The number of sulfonamides is 1. The normalized spacial score (nSPS) is 12.3. The molecule has 0 aromatic carbocycles. The first-order chi connectivity index (χ1) is 8.80. The van der Waals surface area contributed by atoms with E-state index in [4.69, 9.17) is 5.84 Å². The van der Waals surface area contributed by atoms with Gasteiger partial charge in [-0.3, -0.25) is 5.43 Å². The third-order valence-electron chi connectivity index (χ3n) is 2.21. The minimum Gasteiger partial charge on any atom is -0.292 e. The van der Waals surface area contributed by atoms with E-state index in [2.05, 4.69) is 20.1 Å². The van der Waals surface area contributed by atoms with E-state index >= 15 is 0 Å². The van der Waals surface area contributed by atoms with Crippen molar-refractivity contribution in [2.45, 2.75) is 11.8 Å². The molecule has 0 saturated heterocycles. The molecule has 0 fully saturated rings. The van der Waals surface area contributed by atoms with Gasteiger partial charge in [0.1, 0.15) is 4.90 Å². The SMILES string of the molecule is CCS(=O)(=O)CCNS(=O)(=O)c1cnc(NN)nc1. The first kappa shape index (κ1) is 15.8. The molecule has 0 spiro atoms. The molecule has 11 heteroatoms. The van der Waals surface area contributed by atoms with E-state index in [0.29, 0.717) is 0 Å². The lowest BCUT2D eigenvalue weighted by Crippen LogP contribution is -2.30. The van der Waals surface area contributed by atoms with Gasteiger partial charge < -0.3 is 0 Å². The van der Waals surface area contributed by atoms with Crippen LogP contribution in [0.1, 0.15) is 6.92 Å². The Bertz CT molecular complexity index is 611. The summed E-state index contributed by atoms with van der Waals surface area (Å²) in [6, 6.07) is 0. The highest BCUT2D eigenvalue weighted by Crippen LogP contribution is 2.06. The quantitative estimate of drug-likeness (QED) is 0.406. The summed E-state index contributed by atoms with van der Waals surface area (Å²) in [6.45, 7) is 1.30. The Hall–Kier alpha value is -1.30. The van der Waals surface area contributed by atoms with Gasteiger partial charge in [0.05, 0.1) is 18.1 Å². The van der Waals surface area contributed by atoms with Gasteiger partial charge in [-0.25, -0.2) is 37.4 Å². The maximum Gasteiger partial charge on any atom is 0.243 e. The van der Waals surface area contributed by atoms with Crippen LogP contribution in [0.15, 0.2) is 17.3 Å². The lowest BCUT2D eigenvalue weighted by Gasteiger charge is -2.06. The Morgan fingerprint density at radius 2 is 1.79 bits per heavy atom. The molecule has 0 aliphatic heterocycles. The van der Waals surface area contributed by atoms with Crippen LogP contribution in [0.3, 0.4) is 0 Å². The fourth-order valence-corrected chi connectivity index (χ4v) is 2.84. The number of aromatic nitrogens is 2. The van der Waals surface area contributed by atoms with Gasteiger partial charge in [-0.05, 0) is 0 Å². The molecule has 1 aromatic heterocycles. The zero-order valence-corrected chi connectivity index (χ0v) is 11.8. The second kappa shape index (κ2) is 6.23. The summed E-state index contributed by atoms with van der Waals surface area (Å²) in [5.74, 6) is 4.83. The molecule has 0 atom stereocenters. The van der Waals surface area contributed by atoms with E-state index in [1.807, 2.05) is 0 Å². The number of sulfone groups is 1. The second-order valence-corrected chi connectivity index (χ2v) is 7.76. The van der Waals surface area contributed by atoms with Crippen molar-refractivity contribution in [2.24, 2.45) is 5.84 Å². The predicted octanol–water partition coefficient (Wildman–Crippen LogP) is -1.52. The van der Waals surface area contributed by atoms with E-state index in [0.717, 1.165) is 12.4 Å². The summed E-state index contributed by atoms with van der Waals surface area (Å²) in [7, 11) is -7.04. The van der Waals surface area contributed by atoms with Gasteiger partial charge in [0.25, 0.3) is 0 Å². The smallest absolute Gasteiger partial charge is 0.243 e. The summed E-state index contributed by atoms with van der Waals surface area (Å²) in [6.07, 6.45) is 2.14. The minimum atomic E-state index is -3.82. The average molecular weight is 309 g/mol. The lowest BCUT2D eigenvalue weighted by atomic mass is 10.7. The number of anilines is 1. The largest absolute Gasteiger partial charge is 0.292 e. The van der Waals surface area contributed by atoms with Crippen LogP contribution in [0.2, 0.25) is 0 Å². The molecule has 1 aromatic rings. The summed E-state index contributed by atoms with van der Waals surface area (Å²) in [5.41, 5.74) is 2.16. The number of nitrogens with one attached hydrogen (secondary N) is 2. The van der Waals surface area contributed by atoms with Gasteiger partial charge >= 0.3 is 0 Å². The fraction of sp³-hybridized carbons (Fsp3) is 0.500. The van der Waals surface area contributed by atoms with Crippen molar-refractivity contribution in [3.63, 3.8) is 0 Å². The Morgan fingerprint density at radius 3 is 2.26 bits per heavy atom. The number of hydrogen-bond donors (Lipinski definition) is 3. The number of hydrogen-bond acceptors (Lipinski definition) is 8. The zero-order valence-electron chi connectivity index (χ0n) is 10.2. The minimum absolute atomic E-state index is 0.0330. The summed E-state index contributed by atoms with van der Waals surface area (Å²) >= 11 is 0. The summed E-state index contributed by atoms with van der Waals surface area (Å²) < 4.78 is 48.1. The van der Waals surface area contributed by atoms with Crippen LogP contribution in [0.4, 0.5) is 5.95 Å². The number of hydrazine groups is 1. The average Bonchev–Trinajstić information content (AvgIpc) is 2.38. The van der Waals surface area contributed by atoms with Gasteiger partial charge in [-0.15, -0.1) is 0 Å². The van der Waals surface area contributed by atoms with Crippen molar-refractivity contribution < 1.29 is 16.8 Å². The summed E-state index contributed by atoms with van der Waals surface area (Å²) in [5, 5.41) is 0. The third kappa shape index (κ3) is 4.70. The Balaban J connectivity index is 2.70. The highest BCUT2D eigenvalue weighted by Gasteiger charge is 2.16. The molecule has 1 heterocycles. The predicted molar refractivity (Wildman–Crippen MR) is 69.4 cm³/mol. The molecule has 0 amide bonds. The topological polar surface area (TPSA) is 144 Å². The van der Waals surface area contributed by atoms with Crippen LogP contribution < -0.4 is 16.0 Å². The van der Waals surface area contributed by atoms with Gasteiger partial charge in [-0.1, -0.05) is 6.92 Å². The highest BCUT2D eigenvalue weighted by atomic mass is 32.2. The van der Waals surface area contributed by atoms with E-state index in [1.54, 1.807) is 0 Å². The number of nitrogens with zero attached hydrogens (tertiary/aromatic N) is 2. The van der Waals surface area contributed by atoms with E-state index in [9.17, 15) is 16.8 Å². The van der Waals surface area contributed by atoms with Crippen LogP contribution in [-0.4, -0.2) is 44.9 Å². The van der Waals surface area contributed by atoms with Crippen molar-refractivity contribution in [1.82, 2.24) is 14.7 Å². The van der Waals surface area contributed by atoms with Crippen LogP contribution in [0.25, 0.3) is 0 Å². The van der Waals surface area contributed by atoms with Crippen molar-refractivity contribution in [1.29, 1.82) is 0 Å². The van der Waals surface area contributed by atoms with E-state index < -0.39 is 19.9 Å². The van der Waals surface area contributed by atoms with Gasteiger partial charge in [0.15, 0.2) is 9.84 Å². The van der Waals surface area contributed by atoms with Crippen LogP contribution >= 0.6 is 0 Å². The van der Waals surface area contributed by atoms with E-state index in [-0.39, 0.29) is 28.9 Å². The lowest BCUT2D eigenvalue weighted by molar-refractivity contribution is 0.580. The molecule has 4 N–H and O–H groups in total. The molecule has 0 aliphatic carbocycles. The molecule has 19 heavy (non-hydrogen) atoms. The van der Waals surface area contributed by atoms with Crippen molar-refractivity contribution >= 4 is 25.8 Å². The Labute approximate surface area is 111 Å². The first-order valence-electron chi connectivity index (χ1n) is 5.29. The number of nitrogens with two attached hydrogens (primary N) is 1. The number of nitrogen functional groups attached to an aromatic ring is 1. The van der Waals surface area contributed by atoms with Gasteiger partial charge in [-0.2, -0.15) is 0 Å². The monoisotopic (exact) mass is 309 g/mol. The first-order valence-corrected chi connectivity index (χ1v) is 8.60. The van der Waals surface area contributed by atoms with Crippen LogP contribution in [0.5, 0.6) is 0 Å². The fourth-order valence-electron chi connectivity index (χ4n) is 1.09.